The normalized spacial score (nSPS) is 12.1. The quantitative estimate of drug-likeness (QED) is 0.422. The Morgan fingerprint density at radius 1 is 1.27 bits per heavy atom. The highest BCUT2D eigenvalue weighted by Crippen LogP contribution is 2.30. The Kier molecular flexibility index (Phi) is 6.33. The first-order valence-electron chi connectivity index (χ1n) is 7.78. The zero-order valence-corrected chi connectivity index (χ0v) is 16.2. The number of carbonyl (C=O) groups excluding carboxylic acids is 1. The number of nitrogens with one attached hydrogen (secondary N) is 1. The minimum atomic E-state index is -1.03. The van der Waals surface area contributed by atoms with Gasteiger partial charge in [-0.25, -0.2) is 8.78 Å². The van der Waals surface area contributed by atoms with Gasteiger partial charge in [0.15, 0.2) is 21.8 Å². The molecule has 1 unspecified atom stereocenters. The average Bonchev–Trinajstić information content (AvgIpc) is 3.29. The molecule has 0 bridgehead atoms. The van der Waals surface area contributed by atoms with Crippen LogP contribution in [0.4, 0.5) is 13.9 Å². The molecule has 1 aromatic carbocycles. The minimum absolute atomic E-state index is 0.141. The van der Waals surface area contributed by atoms with Crippen molar-refractivity contribution in [3.63, 3.8) is 0 Å². The van der Waals surface area contributed by atoms with Crippen molar-refractivity contribution in [2.24, 2.45) is 0 Å². The second kappa shape index (κ2) is 8.70. The Bertz CT molecular complexity index is 883. The van der Waals surface area contributed by atoms with Crippen LogP contribution in [0.3, 0.4) is 0 Å². The summed E-state index contributed by atoms with van der Waals surface area (Å²) in [5, 5.41) is 13.6. The minimum Gasteiger partial charge on any atom is -0.360 e. The number of anilines is 1. The average molecular weight is 412 g/mol. The molecule has 2 heterocycles. The zero-order valence-electron chi connectivity index (χ0n) is 13.7. The fourth-order valence-electron chi connectivity index (χ4n) is 2.17. The second-order valence-electron chi connectivity index (χ2n) is 5.38. The van der Waals surface area contributed by atoms with E-state index in [-0.39, 0.29) is 11.3 Å². The molecule has 3 aromatic rings. The highest BCUT2D eigenvalue weighted by atomic mass is 32.2. The van der Waals surface area contributed by atoms with Crippen LogP contribution >= 0.6 is 34.4 Å². The van der Waals surface area contributed by atoms with Crippen LogP contribution < -0.4 is 5.32 Å². The van der Waals surface area contributed by atoms with E-state index >= 15 is 0 Å². The number of carbonyl (C=O) groups is 1. The highest BCUT2D eigenvalue weighted by Gasteiger charge is 2.20. The van der Waals surface area contributed by atoms with Gasteiger partial charge in [0.05, 0.1) is 5.25 Å². The summed E-state index contributed by atoms with van der Waals surface area (Å²) in [7, 11) is 0. The van der Waals surface area contributed by atoms with E-state index in [9.17, 15) is 13.6 Å². The van der Waals surface area contributed by atoms with Crippen LogP contribution in [0.2, 0.25) is 0 Å². The summed E-state index contributed by atoms with van der Waals surface area (Å²) < 4.78 is 26.9. The van der Waals surface area contributed by atoms with Gasteiger partial charge in [-0.05, 0) is 43.0 Å². The molecule has 1 atom stereocenters. The van der Waals surface area contributed by atoms with E-state index < -0.39 is 16.9 Å². The molecule has 136 valence electrons. The summed E-state index contributed by atoms with van der Waals surface area (Å²) in [6.45, 7) is 2.46. The third kappa shape index (κ3) is 4.87. The number of halogens is 2. The first-order chi connectivity index (χ1) is 12.5. The van der Waals surface area contributed by atoms with Crippen molar-refractivity contribution in [2.75, 3.05) is 11.9 Å². The first-order valence-corrected chi connectivity index (χ1v) is 10.4. The lowest BCUT2D eigenvalue weighted by molar-refractivity contribution is 0.0993. The van der Waals surface area contributed by atoms with Gasteiger partial charge in [-0.1, -0.05) is 29.2 Å². The van der Waals surface area contributed by atoms with E-state index in [4.69, 9.17) is 0 Å². The van der Waals surface area contributed by atoms with E-state index in [2.05, 4.69) is 21.6 Å². The number of rotatable bonds is 8. The molecular weight excluding hydrogens is 396 g/mol. The van der Waals surface area contributed by atoms with Crippen LogP contribution in [0.5, 0.6) is 0 Å². The van der Waals surface area contributed by atoms with Crippen molar-refractivity contribution in [2.45, 2.75) is 22.9 Å². The maximum atomic E-state index is 13.3. The lowest BCUT2D eigenvalue weighted by Crippen LogP contribution is -2.13. The number of thiophene rings is 1. The third-order valence-electron chi connectivity index (χ3n) is 3.49. The van der Waals surface area contributed by atoms with Crippen LogP contribution in [0, 0.1) is 11.6 Å². The molecule has 0 saturated carbocycles. The van der Waals surface area contributed by atoms with Gasteiger partial charge < -0.3 is 5.32 Å². The maximum absolute atomic E-state index is 13.3. The molecular formula is C17H15F2N3OS3. The summed E-state index contributed by atoms with van der Waals surface area (Å²) in [6, 6.07) is 7.27. The topological polar surface area (TPSA) is 54.9 Å². The Labute approximate surface area is 161 Å². The van der Waals surface area contributed by atoms with Crippen LogP contribution in [0.15, 0.2) is 40.1 Å². The predicted molar refractivity (Wildman–Crippen MR) is 102 cm³/mol. The molecule has 2 aromatic heterocycles. The Morgan fingerprint density at radius 3 is 2.85 bits per heavy atom. The van der Waals surface area contributed by atoms with Crippen LogP contribution in [-0.2, 0) is 6.42 Å². The number of nitrogens with zero attached hydrogens (tertiary/aromatic N) is 2. The molecule has 26 heavy (non-hydrogen) atoms. The van der Waals surface area contributed by atoms with Gasteiger partial charge in [-0.3, -0.25) is 4.79 Å². The predicted octanol–water partition coefficient (Wildman–Crippen LogP) is 4.90. The van der Waals surface area contributed by atoms with Gasteiger partial charge in [0.25, 0.3) is 0 Å². The maximum Gasteiger partial charge on any atom is 0.206 e. The number of ketones is 1. The summed E-state index contributed by atoms with van der Waals surface area (Å²) >= 11 is 4.32. The number of aromatic nitrogens is 2. The largest absolute Gasteiger partial charge is 0.360 e. The molecule has 9 heteroatoms. The van der Waals surface area contributed by atoms with Crippen molar-refractivity contribution < 1.29 is 13.6 Å². The number of hydrogen-bond acceptors (Lipinski definition) is 7. The van der Waals surface area contributed by atoms with Gasteiger partial charge in [0.2, 0.25) is 5.13 Å². The third-order valence-corrected chi connectivity index (χ3v) is 6.49. The number of Topliss-reactive ketones (excluding diaryl/α,β-unsaturated/α-hetero) is 1. The summed E-state index contributed by atoms with van der Waals surface area (Å²) in [6.07, 6.45) is 0.907. The molecule has 0 saturated heterocycles. The Hall–Kier alpha value is -1.84. The molecule has 0 fully saturated rings. The lowest BCUT2D eigenvalue weighted by Gasteiger charge is -2.08. The van der Waals surface area contributed by atoms with Crippen LogP contribution in [0.1, 0.15) is 22.2 Å². The molecule has 0 aliphatic rings. The first kappa shape index (κ1) is 18.9. The monoisotopic (exact) mass is 411 g/mol. The molecule has 0 radical (unpaired) electrons. The summed E-state index contributed by atoms with van der Waals surface area (Å²) in [4.78, 5) is 13.6. The van der Waals surface area contributed by atoms with E-state index in [0.29, 0.717) is 9.47 Å². The molecule has 1 N–H and O–H groups in total. The van der Waals surface area contributed by atoms with Crippen molar-refractivity contribution in [3.05, 3.63) is 57.8 Å². The SMILES string of the molecule is CC(Sc1nnc(NCCc2cccs2)s1)C(=O)c1ccc(F)c(F)c1. The van der Waals surface area contributed by atoms with Gasteiger partial charge in [-0.15, -0.1) is 21.5 Å². The molecule has 0 aliphatic heterocycles. The van der Waals surface area contributed by atoms with Crippen molar-refractivity contribution in [3.8, 4) is 0 Å². The second-order valence-corrected chi connectivity index (χ2v) is 8.98. The van der Waals surface area contributed by atoms with Crippen LogP contribution in [-0.4, -0.2) is 27.8 Å². The van der Waals surface area contributed by atoms with Gasteiger partial charge in [0.1, 0.15) is 0 Å². The number of benzene rings is 1. The number of hydrogen-bond donors (Lipinski definition) is 1. The fraction of sp³-hybridized carbons (Fsp3) is 0.235. The Morgan fingerprint density at radius 2 is 2.12 bits per heavy atom. The lowest BCUT2D eigenvalue weighted by atomic mass is 10.1. The van der Waals surface area contributed by atoms with Gasteiger partial charge in [-0.2, -0.15) is 0 Å². The summed E-state index contributed by atoms with van der Waals surface area (Å²) in [5.41, 5.74) is 0.141. The molecule has 3 rings (SSSR count). The Balaban J connectivity index is 1.54. The number of thioether (sulfide) groups is 1. The zero-order chi connectivity index (χ0) is 18.5. The molecule has 0 aliphatic carbocycles. The van der Waals surface area contributed by atoms with Crippen molar-refractivity contribution >= 4 is 45.4 Å². The fourth-order valence-corrected chi connectivity index (χ4v) is 4.87. The van der Waals surface area contributed by atoms with E-state index in [1.807, 2.05) is 11.4 Å². The standard InChI is InChI=1S/C17H15F2N3OS3/c1-10(15(23)11-4-5-13(18)14(19)9-11)25-17-22-21-16(26-17)20-7-6-12-3-2-8-24-12/h2-5,8-10H,6-7H2,1H3,(H,20,21). The van der Waals surface area contributed by atoms with Gasteiger partial charge >= 0.3 is 0 Å². The molecule has 0 spiro atoms. The van der Waals surface area contributed by atoms with E-state index in [1.54, 1.807) is 18.3 Å². The van der Waals surface area contributed by atoms with Gasteiger partial charge in [0, 0.05) is 17.0 Å². The summed E-state index contributed by atoms with van der Waals surface area (Å²) in [5.74, 6) is -2.28. The molecule has 4 nitrogen and oxygen atoms in total. The smallest absolute Gasteiger partial charge is 0.206 e. The highest BCUT2D eigenvalue weighted by molar-refractivity contribution is 8.02. The molecule has 0 amide bonds. The van der Waals surface area contributed by atoms with E-state index in [1.165, 1.54) is 34.0 Å². The van der Waals surface area contributed by atoms with Crippen molar-refractivity contribution in [1.82, 2.24) is 10.2 Å². The van der Waals surface area contributed by atoms with Crippen molar-refractivity contribution in [1.29, 1.82) is 0 Å². The van der Waals surface area contributed by atoms with E-state index in [0.717, 1.165) is 25.1 Å². The van der Waals surface area contributed by atoms with Crippen LogP contribution in [0.25, 0.3) is 0 Å².